The third kappa shape index (κ3) is 4.12. The van der Waals surface area contributed by atoms with Crippen LogP contribution in [-0.2, 0) is 19.0 Å². The number of carbonyl (C=O) groups is 1. The SMILES string of the molecule is CO[C@H]1O[C@H](CO)[C@@H](O)[C@H](O)[C@H]1OC(=O)[C@@H](N)C(C)(C)C. The summed E-state index contributed by atoms with van der Waals surface area (Å²) in [6.45, 7) is 4.83. The molecule has 6 atom stereocenters. The maximum Gasteiger partial charge on any atom is 0.324 e. The van der Waals surface area contributed by atoms with Gasteiger partial charge >= 0.3 is 5.97 Å². The first kappa shape index (κ1) is 18.3. The van der Waals surface area contributed by atoms with Crippen LogP contribution in [0.3, 0.4) is 0 Å². The summed E-state index contributed by atoms with van der Waals surface area (Å²) >= 11 is 0. The first-order valence-electron chi connectivity index (χ1n) is 6.74. The highest BCUT2D eigenvalue weighted by Crippen LogP contribution is 2.26. The Kier molecular flexibility index (Phi) is 6.09. The van der Waals surface area contributed by atoms with Gasteiger partial charge in [-0.05, 0) is 5.41 Å². The van der Waals surface area contributed by atoms with Gasteiger partial charge in [-0.3, -0.25) is 4.79 Å². The molecule has 8 nitrogen and oxygen atoms in total. The van der Waals surface area contributed by atoms with Crippen LogP contribution in [-0.4, -0.2) is 71.8 Å². The van der Waals surface area contributed by atoms with Gasteiger partial charge in [-0.25, -0.2) is 0 Å². The van der Waals surface area contributed by atoms with Crippen LogP contribution in [0, 0.1) is 5.41 Å². The quantitative estimate of drug-likeness (QED) is 0.455. The minimum atomic E-state index is -1.45. The molecular weight excluding hydrogens is 282 g/mol. The van der Waals surface area contributed by atoms with Crippen LogP contribution in [0.5, 0.6) is 0 Å². The molecule has 1 fully saturated rings. The number of hydrogen-bond donors (Lipinski definition) is 4. The Bertz CT molecular complexity index is 355. The molecule has 124 valence electrons. The molecule has 0 spiro atoms. The number of aliphatic hydroxyl groups excluding tert-OH is 3. The molecule has 0 aromatic heterocycles. The molecule has 0 saturated carbocycles. The van der Waals surface area contributed by atoms with Crippen LogP contribution < -0.4 is 5.73 Å². The van der Waals surface area contributed by atoms with E-state index in [-0.39, 0.29) is 0 Å². The molecule has 1 rings (SSSR count). The average Bonchev–Trinajstić information content (AvgIpc) is 2.42. The number of aliphatic hydroxyl groups is 3. The Hall–Kier alpha value is -0.770. The van der Waals surface area contributed by atoms with Crippen molar-refractivity contribution in [2.75, 3.05) is 13.7 Å². The second kappa shape index (κ2) is 6.99. The van der Waals surface area contributed by atoms with Gasteiger partial charge in [0.15, 0.2) is 12.4 Å². The third-order valence-electron chi connectivity index (χ3n) is 3.50. The molecule has 1 aliphatic heterocycles. The lowest BCUT2D eigenvalue weighted by atomic mass is 9.87. The lowest BCUT2D eigenvalue weighted by Crippen LogP contribution is -2.61. The van der Waals surface area contributed by atoms with Gasteiger partial charge in [0.05, 0.1) is 6.61 Å². The van der Waals surface area contributed by atoms with Gasteiger partial charge in [0.2, 0.25) is 0 Å². The summed E-state index contributed by atoms with van der Waals surface area (Å²) in [4.78, 5) is 12.0. The van der Waals surface area contributed by atoms with Gasteiger partial charge < -0.3 is 35.3 Å². The molecule has 0 aromatic rings. The lowest BCUT2D eigenvalue weighted by Gasteiger charge is -2.41. The van der Waals surface area contributed by atoms with Crippen molar-refractivity contribution in [1.82, 2.24) is 0 Å². The first-order chi connectivity index (χ1) is 9.63. The van der Waals surface area contributed by atoms with Crippen molar-refractivity contribution in [3.63, 3.8) is 0 Å². The third-order valence-corrected chi connectivity index (χ3v) is 3.50. The summed E-state index contributed by atoms with van der Waals surface area (Å²) in [5.41, 5.74) is 5.27. The summed E-state index contributed by atoms with van der Waals surface area (Å²) in [6, 6.07) is -0.907. The Morgan fingerprint density at radius 1 is 1.33 bits per heavy atom. The fraction of sp³-hybridized carbons (Fsp3) is 0.923. The van der Waals surface area contributed by atoms with Crippen molar-refractivity contribution >= 4 is 5.97 Å². The van der Waals surface area contributed by atoms with Crippen LogP contribution in [0.15, 0.2) is 0 Å². The summed E-state index contributed by atoms with van der Waals surface area (Å²) in [7, 11) is 1.30. The fourth-order valence-corrected chi connectivity index (χ4v) is 1.93. The summed E-state index contributed by atoms with van der Waals surface area (Å²) in [6.07, 6.45) is -6.19. The van der Waals surface area contributed by atoms with E-state index in [0.717, 1.165) is 0 Å². The Morgan fingerprint density at radius 2 is 1.90 bits per heavy atom. The Labute approximate surface area is 123 Å². The van der Waals surface area contributed by atoms with E-state index in [2.05, 4.69) is 0 Å². The monoisotopic (exact) mass is 307 g/mol. The molecule has 0 aliphatic carbocycles. The van der Waals surface area contributed by atoms with Gasteiger partial charge in [0.1, 0.15) is 24.4 Å². The number of rotatable bonds is 4. The van der Waals surface area contributed by atoms with Crippen LogP contribution in [0.25, 0.3) is 0 Å². The van der Waals surface area contributed by atoms with Crippen LogP contribution in [0.2, 0.25) is 0 Å². The summed E-state index contributed by atoms with van der Waals surface area (Å²) < 4.78 is 15.4. The van der Waals surface area contributed by atoms with Gasteiger partial charge in [0.25, 0.3) is 0 Å². The van der Waals surface area contributed by atoms with Crippen molar-refractivity contribution < 1.29 is 34.3 Å². The molecule has 0 amide bonds. The topological polar surface area (TPSA) is 131 Å². The molecule has 1 aliphatic rings. The average molecular weight is 307 g/mol. The van der Waals surface area contributed by atoms with Crippen molar-refractivity contribution in [3.8, 4) is 0 Å². The van der Waals surface area contributed by atoms with Gasteiger partial charge in [-0.1, -0.05) is 20.8 Å². The highest BCUT2D eigenvalue weighted by molar-refractivity contribution is 5.76. The molecule has 5 N–H and O–H groups in total. The van der Waals surface area contributed by atoms with Gasteiger partial charge in [-0.2, -0.15) is 0 Å². The van der Waals surface area contributed by atoms with Crippen LogP contribution in [0.1, 0.15) is 20.8 Å². The summed E-state index contributed by atoms with van der Waals surface area (Å²) in [5, 5.41) is 28.9. The minimum absolute atomic E-state index is 0.500. The van der Waals surface area contributed by atoms with E-state index in [1.165, 1.54) is 7.11 Å². The van der Waals surface area contributed by atoms with Crippen molar-refractivity contribution in [2.24, 2.45) is 11.1 Å². The highest BCUT2D eigenvalue weighted by atomic mass is 16.7. The molecule has 8 heteroatoms. The van der Waals surface area contributed by atoms with E-state index >= 15 is 0 Å². The standard InChI is InChI=1S/C13H25NO7/c1-13(2,3)10(14)11(18)21-9-8(17)7(16)6(5-15)20-12(9)19-4/h6-10,12,15-17H,5,14H2,1-4H3/t6-,7-,8+,9-,10-,12+/m1/s1. The predicted octanol–water partition coefficient (Wildman–Crippen LogP) is -1.64. The molecule has 0 unspecified atom stereocenters. The maximum absolute atomic E-state index is 12.0. The molecule has 1 heterocycles. The van der Waals surface area contributed by atoms with E-state index in [0.29, 0.717) is 0 Å². The zero-order valence-corrected chi connectivity index (χ0v) is 12.7. The number of methoxy groups -OCH3 is 1. The molecule has 1 saturated heterocycles. The van der Waals surface area contributed by atoms with Crippen LogP contribution >= 0.6 is 0 Å². The Morgan fingerprint density at radius 3 is 2.33 bits per heavy atom. The number of esters is 1. The second-order valence-electron chi connectivity index (χ2n) is 6.19. The number of carbonyl (C=O) groups excluding carboxylic acids is 1. The summed E-state index contributed by atoms with van der Waals surface area (Å²) in [5.74, 6) is -0.730. The predicted molar refractivity (Wildman–Crippen MR) is 72.1 cm³/mol. The van der Waals surface area contributed by atoms with Crippen LogP contribution in [0.4, 0.5) is 0 Å². The van der Waals surface area contributed by atoms with E-state index in [4.69, 9.17) is 25.1 Å². The minimum Gasteiger partial charge on any atom is -0.453 e. The zero-order valence-electron chi connectivity index (χ0n) is 12.7. The zero-order chi connectivity index (χ0) is 16.4. The fourth-order valence-electron chi connectivity index (χ4n) is 1.93. The maximum atomic E-state index is 12.0. The number of nitrogens with two attached hydrogens (primary N) is 1. The molecule has 0 radical (unpaired) electrons. The van der Waals surface area contributed by atoms with Gasteiger partial charge in [0, 0.05) is 7.11 Å². The second-order valence-corrected chi connectivity index (χ2v) is 6.19. The molecule has 0 bridgehead atoms. The van der Waals surface area contributed by atoms with E-state index in [1.807, 2.05) is 0 Å². The lowest BCUT2D eigenvalue weighted by molar-refractivity contribution is -0.298. The largest absolute Gasteiger partial charge is 0.453 e. The smallest absolute Gasteiger partial charge is 0.324 e. The van der Waals surface area contributed by atoms with Crippen molar-refractivity contribution in [1.29, 1.82) is 0 Å². The first-order valence-corrected chi connectivity index (χ1v) is 6.74. The molecule has 21 heavy (non-hydrogen) atoms. The van der Waals surface area contributed by atoms with E-state index in [9.17, 15) is 15.0 Å². The Balaban J connectivity index is 2.82. The van der Waals surface area contributed by atoms with Crippen molar-refractivity contribution in [2.45, 2.75) is 57.5 Å². The van der Waals surface area contributed by atoms with Gasteiger partial charge in [-0.15, -0.1) is 0 Å². The highest BCUT2D eigenvalue weighted by Gasteiger charge is 2.47. The number of ether oxygens (including phenoxy) is 3. The molecular formula is C13H25NO7. The molecule has 0 aromatic carbocycles. The normalized spacial score (nSPS) is 35.3. The van der Waals surface area contributed by atoms with E-state index < -0.39 is 54.7 Å². The van der Waals surface area contributed by atoms with Crippen molar-refractivity contribution in [3.05, 3.63) is 0 Å². The number of hydrogen-bond acceptors (Lipinski definition) is 8. The van der Waals surface area contributed by atoms with E-state index in [1.54, 1.807) is 20.8 Å².